The first-order chi connectivity index (χ1) is 17.6. The first-order valence-corrected chi connectivity index (χ1v) is 11.8. The van der Waals surface area contributed by atoms with Gasteiger partial charge < -0.3 is 18.7 Å². The zero-order valence-electron chi connectivity index (χ0n) is 19.5. The Morgan fingerprint density at radius 2 is 1.75 bits per heavy atom. The van der Waals surface area contributed by atoms with Crippen molar-refractivity contribution in [3.8, 4) is 17.2 Å². The lowest BCUT2D eigenvalue weighted by atomic mass is 10.0. The number of hydrogen-bond acceptors (Lipinski definition) is 9. The molecule has 0 saturated heterocycles. The van der Waals surface area contributed by atoms with E-state index in [1.54, 1.807) is 36.4 Å². The van der Waals surface area contributed by atoms with Gasteiger partial charge in [-0.1, -0.05) is 53.3 Å². The fourth-order valence-electron chi connectivity index (χ4n) is 3.23. The smallest absolute Gasteiger partial charge is 0.360 e. The maximum Gasteiger partial charge on any atom is 0.360 e. The predicted octanol–water partition coefficient (Wildman–Crippen LogP) is 5.27. The van der Waals surface area contributed by atoms with E-state index in [4.69, 9.17) is 18.7 Å². The molecule has 0 N–H and O–H groups in total. The molecule has 0 spiro atoms. The molecule has 3 aromatic carbocycles. The molecule has 0 aliphatic rings. The minimum Gasteiger partial charge on any atom is -0.489 e. The van der Waals surface area contributed by atoms with E-state index in [0.717, 1.165) is 16.7 Å². The standard InChI is InChI=1S/C26H22FN3O5S/c1-32-25(31)23(30-33-2)22-6-4-3-5-19(22)15-34-21-13-9-18(10-14-21)24-28-29-26(35-24)36-16-17-7-11-20(27)12-8-17/h3-14H,15-16H2,1-2H3/b30-23-. The van der Waals surface area contributed by atoms with E-state index in [9.17, 15) is 9.18 Å². The molecular formula is C26H22FN3O5S. The van der Waals surface area contributed by atoms with E-state index in [-0.39, 0.29) is 18.1 Å². The molecule has 0 amide bonds. The van der Waals surface area contributed by atoms with Crippen molar-refractivity contribution in [2.24, 2.45) is 5.16 Å². The van der Waals surface area contributed by atoms with Gasteiger partial charge in [0.05, 0.1) is 7.11 Å². The van der Waals surface area contributed by atoms with Crippen LogP contribution in [0.25, 0.3) is 11.5 Å². The van der Waals surface area contributed by atoms with Crippen LogP contribution in [0.5, 0.6) is 5.75 Å². The van der Waals surface area contributed by atoms with E-state index in [1.165, 1.54) is 38.1 Å². The zero-order valence-corrected chi connectivity index (χ0v) is 20.3. The second-order valence-corrected chi connectivity index (χ2v) is 8.30. The Labute approximate surface area is 211 Å². The number of nitrogens with zero attached hydrogens (tertiary/aromatic N) is 3. The van der Waals surface area contributed by atoms with Gasteiger partial charge in [0.2, 0.25) is 5.89 Å². The fourth-order valence-corrected chi connectivity index (χ4v) is 3.95. The van der Waals surface area contributed by atoms with Crippen molar-refractivity contribution in [3.63, 3.8) is 0 Å². The number of halogens is 1. The van der Waals surface area contributed by atoms with Crippen molar-refractivity contribution in [1.29, 1.82) is 0 Å². The Bertz CT molecular complexity index is 1340. The van der Waals surface area contributed by atoms with Crippen molar-refractivity contribution in [1.82, 2.24) is 10.2 Å². The van der Waals surface area contributed by atoms with Crippen LogP contribution in [0, 0.1) is 5.82 Å². The summed E-state index contributed by atoms with van der Waals surface area (Å²) in [5.74, 6) is 0.701. The van der Waals surface area contributed by atoms with E-state index >= 15 is 0 Å². The first kappa shape index (κ1) is 24.9. The predicted molar refractivity (Wildman–Crippen MR) is 132 cm³/mol. The minimum absolute atomic E-state index is 0.0547. The van der Waals surface area contributed by atoms with Gasteiger partial charge in [-0.2, -0.15) is 0 Å². The van der Waals surface area contributed by atoms with E-state index in [0.29, 0.717) is 28.2 Å². The highest BCUT2D eigenvalue weighted by Crippen LogP contribution is 2.27. The van der Waals surface area contributed by atoms with Crippen LogP contribution in [0.1, 0.15) is 16.7 Å². The number of esters is 1. The molecule has 0 atom stereocenters. The summed E-state index contributed by atoms with van der Waals surface area (Å²) in [4.78, 5) is 16.9. The molecule has 36 heavy (non-hydrogen) atoms. The number of hydrogen-bond donors (Lipinski definition) is 0. The van der Waals surface area contributed by atoms with Crippen LogP contribution in [-0.2, 0) is 26.7 Å². The summed E-state index contributed by atoms with van der Waals surface area (Å²) in [6.45, 7) is 0.194. The van der Waals surface area contributed by atoms with Crippen LogP contribution in [0.15, 0.2) is 87.6 Å². The van der Waals surface area contributed by atoms with E-state index in [2.05, 4.69) is 15.4 Å². The maximum absolute atomic E-state index is 13.0. The molecule has 0 radical (unpaired) electrons. The number of ether oxygens (including phenoxy) is 2. The highest BCUT2D eigenvalue weighted by molar-refractivity contribution is 7.98. The Morgan fingerprint density at radius 1 is 1.00 bits per heavy atom. The summed E-state index contributed by atoms with van der Waals surface area (Å²) < 4.78 is 29.5. The number of methoxy groups -OCH3 is 1. The molecule has 4 rings (SSSR count). The molecule has 0 unspecified atom stereocenters. The van der Waals surface area contributed by atoms with Crippen molar-refractivity contribution in [2.75, 3.05) is 14.2 Å². The van der Waals surface area contributed by atoms with Gasteiger partial charge in [-0.25, -0.2) is 9.18 Å². The number of aromatic nitrogens is 2. The molecular weight excluding hydrogens is 485 g/mol. The van der Waals surface area contributed by atoms with Gasteiger partial charge in [0, 0.05) is 16.9 Å². The van der Waals surface area contributed by atoms with Crippen LogP contribution in [-0.4, -0.2) is 36.1 Å². The zero-order chi connectivity index (χ0) is 25.3. The van der Waals surface area contributed by atoms with Crippen LogP contribution >= 0.6 is 11.8 Å². The lowest BCUT2D eigenvalue weighted by Gasteiger charge is -2.12. The van der Waals surface area contributed by atoms with Gasteiger partial charge in [-0.15, -0.1) is 10.2 Å². The molecule has 0 saturated carbocycles. The van der Waals surface area contributed by atoms with Gasteiger partial charge in [0.15, 0.2) is 5.71 Å². The molecule has 1 aromatic heterocycles. The largest absolute Gasteiger partial charge is 0.489 e. The average molecular weight is 508 g/mol. The van der Waals surface area contributed by atoms with Crippen molar-refractivity contribution < 1.29 is 27.9 Å². The van der Waals surface area contributed by atoms with Gasteiger partial charge in [-0.3, -0.25) is 0 Å². The summed E-state index contributed by atoms with van der Waals surface area (Å²) in [5, 5.41) is 12.4. The number of carbonyl (C=O) groups excluding carboxylic acids is 1. The van der Waals surface area contributed by atoms with Gasteiger partial charge >= 0.3 is 5.97 Å². The van der Waals surface area contributed by atoms with Crippen molar-refractivity contribution in [3.05, 3.63) is 95.3 Å². The molecule has 8 nitrogen and oxygen atoms in total. The summed E-state index contributed by atoms with van der Waals surface area (Å²) >= 11 is 1.38. The van der Waals surface area contributed by atoms with Crippen LogP contribution in [0.4, 0.5) is 4.39 Å². The number of carbonyl (C=O) groups is 1. The molecule has 10 heteroatoms. The maximum atomic E-state index is 13.0. The fraction of sp³-hybridized carbons (Fsp3) is 0.154. The number of benzene rings is 3. The first-order valence-electron chi connectivity index (χ1n) is 10.8. The van der Waals surface area contributed by atoms with Crippen LogP contribution in [0.3, 0.4) is 0 Å². The summed E-state index contributed by atoms with van der Waals surface area (Å²) in [5.41, 5.74) is 3.04. The van der Waals surface area contributed by atoms with Crippen molar-refractivity contribution in [2.45, 2.75) is 17.6 Å². The van der Waals surface area contributed by atoms with E-state index in [1.807, 2.05) is 24.3 Å². The topological polar surface area (TPSA) is 96.0 Å². The normalized spacial score (nSPS) is 11.2. The molecule has 1 heterocycles. The minimum atomic E-state index is -0.608. The Balaban J connectivity index is 1.39. The summed E-state index contributed by atoms with van der Waals surface area (Å²) in [6.07, 6.45) is 0. The third-order valence-corrected chi connectivity index (χ3v) is 5.90. The third-order valence-electron chi connectivity index (χ3n) is 5.01. The van der Waals surface area contributed by atoms with Crippen molar-refractivity contribution >= 4 is 23.4 Å². The van der Waals surface area contributed by atoms with E-state index < -0.39 is 5.97 Å². The highest BCUT2D eigenvalue weighted by atomic mass is 32.2. The van der Waals surface area contributed by atoms with Crippen LogP contribution in [0.2, 0.25) is 0 Å². The molecule has 4 aromatic rings. The number of rotatable bonds is 10. The third kappa shape index (κ3) is 6.28. The number of oxime groups is 1. The van der Waals surface area contributed by atoms with Crippen LogP contribution < -0.4 is 4.74 Å². The molecule has 0 aliphatic heterocycles. The SMILES string of the molecule is CO/N=C(\C(=O)OC)c1ccccc1COc1ccc(-c2nnc(SCc3ccc(F)cc3)o2)cc1. The summed E-state index contributed by atoms with van der Waals surface area (Å²) in [6, 6.07) is 20.7. The Morgan fingerprint density at radius 3 is 2.47 bits per heavy atom. The van der Waals surface area contributed by atoms with Gasteiger partial charge in [-0.05, 0) is 47.5 Å². The van der Waals surface area contributed by atoms with Gasteiger partial charge in [0.1, 0.15) is 25.3 Å². The quantitative estimate of drug-likeness (QED) is 0.124. The van der Waals surface area contributed by atoms with Gasteiger partial charge in [0.25, 0.3) is 5.22 Å². The second-order valence-electron chi connectivity index (χ2n) is 7.37. The molecule has 0 aliphatic carbocycles. The molecule has 184 valence electrons. The lowest BCUT2D eigenvalue weighted by Crippen LogP contribution is -2.19. The Kier molecular flexibility index (Phi) is 8.30. The molecule has 0 bridgehead atoms. The summed E-state index contributed by atoms with van der Waals surface area (Å²) in [7, 11) is 2.64. The average Bonchev–Trinajstić information content (AvgIpc) is 3.39. The molecule has 0 fully saturated rings. The monoisotopic (exact) mass is 507 g/mol. The highest BCUT2D eigenvalue weighted by Gasteiger charge is 2.19. The second kappa shape index (κ2) is 12.0. The number of thioether (sulfide) groups is 1. The Hall–Kier alpha value is -4.18. The lowest BCUT2D eigenvalue weighted by molar-refractivity contribution is -0.132.